The number of ether oxygens (including phenoxy) is 1. The summed E-state index contributed by atoms with van der Waals surface area (Å²) in [5.41, 5.74) is 1.12. The Balaban J connectivity index is 1.62. The molecule has 0 unspecified atom stereocenters. The van der Waals surface area contributed by atoms with E-state index < -0.39 is 17.9 Å². The summed E-state index contributed by atoms with van der Waals surface area (Å²) in [6.07, 6.45) is 1.24. The van der Waals surface area contributed by atoms with Crippen LogP contribution in [0.5, 0.6) is 0 Å². The minimum atomic E-state index is -0.715. The Morgan fingerprint density at radius 2 is 1.77 bits per heavy atom. The zero-order chi connectivity index (χ0) is 18.5. The van der Waals surface area contributed by atoms with Gasteiger partial charge in [0.1, 0.15) is 0 Å². The lowest BCUT2D eigenvalue weighted by Gasteiger charge is -2.33. The molecule has 0 bridgehead atoms. The van der Waals surface area contributed by atoms with Crippen LogP contribution in [0.25, 0.3) is 10.9 Å². The summed E-state index contributed by atoms with van der Waals surface area (Å²) in [5, 5.41) is 3.51. The third-order valence-corrected chi connectivity index (χ3v) is 4.17. The molecular formula is C18H20N4O4. The van der Waals surface area contributed by atoms with Crippen LogP contribution in [-0.2, 0) is 14.3 Å². The number of nitrogens with zero attached hydrogens (tertiary/aromatic N) is 3. The van der Waals surface area contributed by atoms with Gasteiger partial charge in [0.25, 0.3) is 0 Å². The Bertz CT molecular complexity index is 826. The van der Waals surface area contributed by atoms with E-state index in [4.69, 9.17) is 4.74 Å². The molecule has 8 nitrogen and oxygen atoms in total. The molecular weight excluding hydrogens is 336 g/mol. The van der Waals surface area contributed by atoms with Gasteiger partial charge in [0.2, 0.25) is 0 Å². The van der Waals surface area contributed by atoms with Crippen molar-refractivity contribution in [1.29, 1.82) is 0 Å². The van der Waals surface area contributed by atoms with Crippen molar-refractivity contribution in [2.24, 2.45) is 0 Å². The summed E-state index contributed by atoms with van der Waals surface area (Å²) in [4.78, 5) is 43.6. The van der Waals surface area contributed by atoms with E-state index in [0.717, 1.165) is 5.39 Å². The van der Waals surface area contributed by atoms with E-state index in [1.807, 2.05) is 18.2 Å². The van der Waals surface area contributed by atoms with Crippen LogP contribution in [-0.4, -0.2) is 65.5 Å². The van der Waals surface area contributed by atoms with Crippen molar-refractivity contribution in [2.45, 2.75) is 6.92 Å². The summed E-state index contributed by atoms with van der Waals surface area (Å²) in [6.45, 7) is 3.31. The van der Waals surface area contributed by atoms with Crippen molar-refractivity contribution in [3.63, 3.8) is 0 Å². The Morgan fingerprint density at radius 3 is 2.50 bits per heavy atom. The highest BCUT2D eigenvalue weighted by Crippen LogP contribution is 2.20. The van der Waals surface area contributed by atoms with Crippen LogP contribution in [0.4, 0.5) is 10.5 Å². The molecule has 0 aliphatic carbocycles. The van der Waals surface area contributed by atoms with Gasteiger partial charge in [-0.2, -0.15) is 0 Å². The molecule has 0 spiro atoms. The summed E-state index contributed by atoms with van der Waals surface area (Å²) in [5.74, 6) is -1.34. The Hall–Kier alpha value is -3.16. The number of hydrogen-bond acceptors (Lipinski definition) is 5. The maximum Gasteiger partial charge on any atom is 0.409 e. The summed E-state index contributed by atoms with van der Waals surface area (Å²) >= 11 is 0. The van der Waals surface area contributed by atoms with Gasteiger partial charge in [-0.1, -0.05) is 18.2 Å². The number of rotatable bonds is 2. The largest absolute Gasteiger partial charge is 0.450 e. The molecule has 0 atom stereocenters. The van der Waals surface area contributed by atoms with Crippen LogP contribution in [0, 0.1) is 0 Å². The number of aromatic nitrogens is 1. The maximum atomic E-state index is 12.4. The molecule has 1 N–H and O–H groups in total. The van der Waals surface area contributed by atoms with Gasteiger partial charge in [-0.15, -0.1) is 0 Å². The SMILES string of the molecule is CCOC(=O)N1CCN(C(=O)C(=O)Nc2cccc3cccnc23)CC1. The molecule has 1 aromatic carbocycles. The number of benzene rings is 1. The van der Waals surface area contributed by atoms with Crippen molar-refractivity contribution < 1.29 is 19.1 Å². The number of amides is 3. The molecule has 3 rings (SSSR count). The van der Waals surface area contributed by atoms with Crippen LogP contribution < -0.4 is 5.32 Å². The number of nitrogens with one attached hydrogen (secondary N) is 1. The predicted octanol–water partition coefficient (Wildman–Crippen LogP) is 1.47. The summed E-state index contributed by atoms with van der Waals surface area (Å²) in [6, 6.07) is 9.08. The van der Waals surface area contributed by atoms with Crippen molar-refractivity contribution in [2.75, 3.05) is 38.1 Å². The lowest BCUT2D eigenvalue weighted by molar-refractivity contribution is -0.144. The van der Waals surface area contributed by atoms with Gasteiger partial charge < -0.3 is 19.9 Å². The van der Waals surface area contributed by atoms with Crippen LogP contribution in [0.3, 0.4) is 0 Å². The maximum absolute atomic E-state index is 12.4. The van der Waals surface area contributed by atoms with E-state index in [1.165, 1.54) is 9.80 Å². The fraction of sp³-hybridized carbons (Fsp3) is 0.333. The molecule has 0 saturated carbocycles. The highest BCUT2D eigenvalue weighted by Gasteiger charge is 2.28. The Labute approximate surface area is 150 Å². The Kier molecular flexibility index (Phi) is 5.31. The molecule has 1 aliphatic rings. The molecule has 3 amide bonds. The summed E-state index contributed by atoms with van der Waals surface area (Å²) < 4.78 is 4.94. The van der Waals surface area contributed by atoms with Crippen LogP contribution >= 0.6 is 0 Å². The number of fused-ring (bicyclic) bond motifs is 1. The second-order valence-corrected chi connectivity index (χ2v) is 5.81. The average molecular weight is 356 g/mol. The molecule has 26 heavy (non-hydrogen) atoms. The highest BCUT2D eigenvalue weighted by molar-refractivity contribution is 6.40. The van der Waals surface area contributed by atoms with Gasteiger partial charge in [0.05, 0.1) is 17.8 Å². The lowest BCUT2D eigenvalue weighted by atomic mass is 10.2. The molecule has 1 fully saturated rings. The standard InChI is InChI=1S/C18H20N4O4/c1-2-26-18(25)22-11-9-21(10-12-22)17(24)16(23)20-14-7-3-5-13-6-4-8-19-15(13)14/h3-8H,2,9-12H2,1H3,(H,20,23). The fourth-order valence-corrected chi connectivity index (χ4v) is 2.83. The quantitative estimate of drug-likeness (QED) is 0.823. The number of carbonyl (C=O) groups is 3. The third kappa shape index (κ3) is 3.74. The summed E-state index contributed by atoms with van der Waals surface area (Å²) in [7, 11) is 0. The zero-order valence-corrected chi connectivity index (χ0v) is 14.5. The third-order valence-electron chi connectivity index (χ3n) is 4.17. The second-order valence-electron chi connectivity index (χ2n) is 5.81. The van der Waals surface area contributed by atoms with E-state index in [2.05, 4.69) is 10.3 Å². The number of para-hydroxylation sites is 1. The highest BCUT2D eigenvalue weighted by atomic mass is 16.6. The van der Waals surface area contributed by atoms with Crippen molar-refractivity contribution >= 4 is 34.5 Å². The van der Waals surface area contributed by atoms with E-state index in [-0.39, 0.29) is 0 Å². The topological polar surface area (TPSA) is 91.8 Å². The van der Waals surface area contributed by atoms with Crippen LogP contribution in [0.15, 0.2) is 36.5 Å². The molecule has 8 heteroatoms. The van der Waals surface area contributed by atoms with Crippen molar-refractivity contribution in [3.8, 4) is 0 Å². The van der Waals surface area contributed by atoms with Gasteiger partial charge in [0, 0.05) is 37.8 Å². The normalized spacial score (nSPS) is 14.2. The average Bonchev–Trinajstić information content (AvgIpc) is 2.68. The number of anilines is 1. The minimum absolute atomic E-state index is 0.291. The number of carbonyl (C=O) groups excluding carboxylic acids is 3. The fourth-order valence-electron chi connectivity index (χ4n) is 2.83. The van der Waals surface area contributed by atoms with Gasteiger partial charge in [-0.25, -0.2) is 4.79 Å². The second kappa shape index (κ2) is 7.81. The number of pyridine rings is 1. The van der Waals surface area contributed by atoms with Crippen LogP contribution in [0.1, 0.15) is 6.92 Å². The lowest BCUT2D eigenvalue weighted by Crippen LogP contribution is -2.53. The predicted molar refractivity (Wildman–Crippen MR) is 95.5 cm³/mol. The molecule has 2 aromatic rings. The van der Waals surface area contributed by atoms with Crippen molar-refractivity contribution in [3.05, 3.63) is 36.5 Å². The van der Waals surface area contributed by atoms with E-state index in [1.54, 1.807) is 25.3 Å². The zero-order valence-electron chi connectivity index (χ0n) is 14.5. The first-order valence-electron chi connectivity index (χ1n) is 8.46. The first-order chi connectivity index (χ1) is 12.6. The van der Waals surface area contributed by atoms with E-state index in [9.17, 15) is 14.4 Å². The molecule has 0 radical (unpaired) electrons. The van der Waals surface area contributed by atoms with Crippen molar-refractivity contribution in [1.82, 2.24) is 14.8 Å². The molecule has 136 valence electrons. The first-order valence-corrected chi connectivity index (χ1v) is 8.46. The van der Waals surface area contributed by atoms with Gasteiger partial charge in [-0.05, 0) is 19.1 Å². The Morgan fingerprint density at radius 1 is 1.08 bits per heavy atom. The van der Waals surface area contributed by atoms with E-state index >= 15 is 0 Å². The minimum Gasteiger partial charge on any atom is -0.450 e. The van der Waals surface area contributed by atoms with Gasteiger partial charge in [0.15, 0.2) is 0 Å². The van der Waals surface area contributed by atoms with Gasteiger partial charge in [-0.3, -0.25) is 14.6 Å². The number of piperazine rings is 1. The monoisotopic (exact) mass is 356 g/mol. The van der Waals surface area contributed by atoms with Gasteiger partial charge >= 0.3 is 17.9 Å². The molecule has 1 aliphatic heterocycles. The van der Waals surface area contributed by atoms with Crippen LogP contribution in [0.2, 0.25) is 0 Å². The molecule has 2 heterocycles. The van der Waals surface area contributed by atoms with E-state index in [0.29, 0.717) is 44.0 Å². The smallest absolute Gasteiger partial charge is 0.409 e. The number of hydrogen-bond donors (Lipinski definition) is 1. The molecule has 1 aromatic heterocycles. The molecule has 1 saturated heterocycles. The first kappa shape index (κ1) is 17.7.